The number of fused-ring (bicyclic) bond motifs is 2. The van der Waals surface area contributed by atoms with Gasteiger partial charge < -0.3 is 4.98 Å². The number of aromatic amines is 2. The average molecular weight is 411 g/mol. The Hall–Kier alpha value is -3.78. The van der Waals surface area contributed by atoms with Crippen molar-refractivity contribution in [3.8, 4) is 33.1 Å². The van der Waals surface area contributed by atoms with E-state index in [1.165, 1.54) is 9.75 Å². The molecular formula is C22H17N7S. The topological polar surface area (TPSA) is 88.1 Å². The SMILES string of the molecule is Cc1ccc(-c2cncc3[nH]c(-c4n[nH]c5cnc(-c6cnn(C)c6)cc45)cc23)s1. The molecule has 0 fully saturated rings. The Morgan fingerprint density at radius 2 is 1.93 bits per heavy atom. The molecule has 0 saturated carbocycles. The van der Waals surface area contributed by atoms with Crippen LogP contribution in [0.15, 0.2) is 55.2 Å². The first-order valence-electron chi connectivity index (χ1n) is 9.53. The molecule has 0 radical (unpaired) electrons. The van der Waals surface area contributed by atoms with Crippen LogP contribution in [0, 0.1) is 6.92 Å². The highest BCUT2D eigenvalue weighted by molar-refractivity contribution is 7.15. The van der Waals surface area contributed by atoms with E-state index < -0.39 is 0 Å². The number of pyridine rings is 2. The minimum atomic E-state index is 0.863. The number of aromatic nitrogens is 7. The van der Waals surface area contributed by atoms with Gasteiger partial charge in [-0.05, 0) is 31.2 Å². The molecule has 0 aliphatic carbocycles. The van der Waals surface area contributed by atoms with Crippen molar-refractivity contribution in [3.05, 3.63) is 60.1 Å². The number of hydrogen-bond donors (Lipinski definition) is 2. The fourth-order valence-electron chi connectivity index (χ4n) is 3.79. The van der Waals surface area contributed by atoms with E-state index in [2.05, 4.69) is 61.4 Å². The van der Waals surface area contributed by atoms with Crippen LogP contribution in [0.5, 0.6) is 0 Å². The summed E-state index contributed by atoms with van der Waals surface area (Å²) >= 11 is 1.77. The van der Waals surface area contributed by atoms with Crippen molar-refractivity contribution in [1.29, 1.82) is 0 Å². The first-order chi connectivity index (χ1) is 14.7. The van der Waals surface area contributed by atoms with E-state index in [0.29, 0.717) is 0 Å². The van der Waals surface area contributed by atoms with Gasteiger partial charge in [0.25, 0.3) is 0 Å². The molecule has 6 aromatic rings. The number of nitrogens with zero attached hydrogens (tertiary/aromatic N) is 5. The van der Waals surface area contributed by atoms with Crippen molar-refractivity contribution in [1.82, 2.24) is 34.9 Å². The van der Waals surface area contributed by atoms with Gasteiger partial charge in [0.2, 0.25) is 0 Å². The summed E-state index contributed by atoms with van der Waals surface area (Å²) in [4.78, 5) is 15.0. The summed E-state index contributed by atoms with van der Waals surface area (Å²) in [5, 5.41) is 14.1. The summed E-state index contributed by atoms with van der Waals surface area (Å²) in [6.45, 7) is 2.12. The molecule has 8 heteroatoms. The summed E-state index contributed by atoms with van der Waals surface area (Å²) in [7, 11) is 1.90. The first-order valence-corrected chi connectivity index (χ1v) is 10.3. The van der Waals surface area contributed by atoms with Gasteiger partial charge in [-0.2, -0.15) is 10.2 Å². The second-order valence-corrected chi connectivity index (χ2v) is 8.62. The van der Waals surface area contributed by atoms with Crippen molar-refractivity contribution in [2.75, 3.05) is 0 Å². The van der Waals surface area contributed by atoms with Gasteiger partial charge in [0.1, 0.15) is 5.69 Å². The van der Waals surface area contributed by atoms with Gasteiger partial charge in [-0.25, -0.2) is 0 Å². The van der Waals surface area contributed by atoms with Gasteiger partial charge in [0, 0.05) is 51.1 Å². The Morgan fingerprint density at radius 1 is 1.00 bits per heavy atom. The van der Waals surface area contributed by atoms with Gasteiger partial charge in [0.15, 0.2) is 0 Å². The van der Waals surface area contributed by atoms with E-state index >= 15 is 0 Å². The van der Waals surface area contributed by atoms with Gasteiger partial charge >= 0.3 is 0 Å². The van der Waals surface area contributed by atoms with Crippen molar-refractivity contribution < 1.29 is 0 Å². The quantitative estimate of drug-likeness (QED) is 0.432. The highest BCUT2D eigenvalue weighted by Crippen LogP contribution is 2.36. The number of thiophene rings is 1. The number of aryl methyl sites for hydroxylation is 2. The Balaban J connectivity index is 1.52. The molecule has 0 atom stereocenters. The summed E-state index contributed by atoms with van der Waals surface area (Å²) in [5.41, 5.74) is 6.66. The van der Waals surface area contributed by atoms with E-state index in [1.54, 1.807) is 16.0 Å². The van der Waals surface area contributed by atoms with E-state index in [9.17, 15) is 0 Å². The van der Waals surface area contributed by atoms with E-state index in [0.717, 1.165) is 50.0 Å². The third kappa shape index (κ3) is 2.65. The van der Waals surface area contributed by atoms with Crippen molar-refractivity contribution >= 4 is 33.1 Å². The summed E-state index contributed by atoms with van der Waals surface area (Å²) < 4.78 is 1.77. The van der Waals surface area contributed by atoms with Crippen LogP contribution in [-0.2, 0) is 7.05 Å². The molecule has 7 nitrogen and oxygen atoms in total. The molecule has 30 heavy (non-hydrogen) atoms. The zero-order valence-corrected chi connectivity index (χ0v) is 17.2. The van der Waals surface area contributed by atoms with Crippen LogP contribution < -0.4 is 0 Å². The molecule has 6 aromatic heterocycles. The molecule has 0 amide bonds. The molecule has 0 spiro atoms. The lowest BCUT2D eigenvalue weighted by Gasteiger charge is -1.98. The largest absolute Gasteiger partial charge is 0.352 e. The van der Waals surface area contributed by atoms with Crippen molar-refractivity contribution in [2.45, 2.75) is 6.92 Å². The molecule has 0 aliphatic rings. The Kier molecular flexibility index (Phi) is 3.63. The van der Waals surface area contributed by atoms with Crippen LogP contribution in [0.4, 0.5) is 0 Å². The summed E-state index contributed by atoms with van der Waals surface area (Å²) in [5.74, 6) is 0. The van der Waals surface area contributed by atoms with Crippen LogP contribution in [0.25, 0.3) is 54.9 Å². The lowest BCUT2D eigenvalue weighted by Crippen LogP contribution is -1.85. The average Bonchev–Trinajstić information content (AvgIpc) is 3.52. The lowest BCUT2D eigenvalue weighted by atomic mass is 10.1. The summed E-state index contributed by atoms with van der Waals surface area (Å²) in [6.07, 6.45) is 9.38. The monoisotopic (exact) mass is 411 g/mol. The standard InChI is InChI=1S/C22H17N7S/c1-12-3-4-21(30-12)16-8-23-9-19-14(16)5-18(26-19)22-15-6-17(13-7-25-29(2)11-13)24-10-20(15)27-28-22/h3-11,26H,1-2H3,(H,27,28). The third-order valence-electron chi connectivity index (χ3n) is 5.25. The van der Waals surface area contributed by atoms with Gasteiger partial charge in [-0.1, -0.05) is 0 Å². The predicted octanol–water partition coefficient (Wildman–Crippen LogP) is 4.94. The highest BCUT2D eigenvalue weighted by Gasteiger charge is 2.15. The van der Waals surface area contributed by atoms with Crippen LogP contribution in [0.3, 0.4) is 0 Å². The molecule has 6 rings (SSSR count). The van der Waals surface area contributed by atoms with Gasteiger partial charge in [0.05, 0.1) is 41.0 Å². The smallest absolute Gasteiger partial charge is 0.116 e. The van der Waals surface area contributed by atoms with E-state index in [1.807, 2.05) is 38.0 Å². The number of H-pyrrole nitrogens is 2. The van der Waals surface area contributed by atoms with Crippen LogP contribution in [0.1, 0.15) is 4.88 Å². The van der Waals surface area contributed by atoms with Crippen LogP contribution >= 0.6 is 11.3 Å². The van der Waals surface area contributed by atoms with Crippen molar-refractivity contribution in [2.24, 2.45) is 7.05 Å². The zero-order valence-electron chi connectivity index (χ0n) is 16.3. The van der Waals surface area contributed by atoms with Crippen LogP contribution in [0.2, 0.25) is 0 Å². The normalized spacial score (nSPS) is 11.7. The fraction of sp³-hybridized carbons (Fsp3) is 0.0909. The van der Waals surface area contributed by atoms with E-state index in [-0.39, 0.29) is 0 Å². The lowest BCUT2D eigenvalue weighted by molar-refractivity contribution is 0.768. The Labute approximate surface area is 175 Å². The molecule has 146 valence electrons. The second kappa shape index (κ2) is 6.36. The minimum absolute atomic E-state index is 0.863. The molecule has 6 heterocycles. The minimum Gasteiger partial charge on any atom is -0.352 e. The maximum absolute atomic E-state index is 4.57. The Morgan fingerprint density at radius 3 is 2.73 bits per heavy atom. The Bertz CT molecular complexity index is 1530. The number of nitrogens with one attached hydrogen (secondary N) is 2. The molecule has 2 N–H and O–H groups in total. The maximum atomic E-state index is 4.57. The zero-order chi connectivity index (χ0) is 20.2. The molecule has 0 bridgehead atoms. The highest BCUT2D eigenvalue weighted by atomic mass is 32.1. The van der Waals surface area contributed by atoms with E-state index in [4.69, 9.17) is 0 Å². The first kappa shape index (κ1) is 17.1. The summed E-state index contributed by atoms with van der Waals surface area (Å²) in [6, 6.07) is 8.50. The van der Waals surface area contributed by atoms with Crippen LogP contribution in [-0.4, -0.2) is 34.9 Å². The molecule has 0 aliphatic heterocycles. The van der Waals surface area contributed by atoms with Crippen molar-refractivity contribution in [3.63, 3.8) is 0 Å². The number of hydrogen-bond acceptors (Lipinski definition) is 5. The predicted molar refractivity (Wildman–Crippen MR) is 119 cm³/mol. The second-order valence-electron chi connectivity index (χ2n) is 7.33. The number of rotatable bonds is 3. The van der Waals surface area contributed by atoms with Gasteiger partial charge in [-0.3, -0.25) is 19.7 Å². The molecular weight excluding hydrogens is 394 g/mol. The third-order valence-corrected chi connectivity index (χ3v) is 6.29. The molecule has 0 saturated heterocycles. The maximum Gasteiger partial charge on any atom is 0.116 e. The fourth-order valence-corrected chi connectivity index (χ4v) is 4.68. The molecule has 0 unspecified atom stereocenters. The van der Waals surface area contributed by atoms with Gasteiger partial charge in [-0.15, -0.1) is 11.3 Å². The molecule has 0 aromatic carbocycles.